The Kier molecular flexibility index (Phi) is 7.36. The van der Waals surface area contributed by atoms with Gasteiger partial charge in [0, 0.05) is 0 Å². The van der Waals surface area contributed by atoms with Crippen LogP contribution in [0.4, 0.5) is 10.2 Å². The summed E-state index contributed by atoms with van der Waals surface area (Å²) in [6.07, 6.45) is 0. The van der Waals surface area contributed by atoms with Crippen LogP contribution in [-0.4, -0.2) is 37.2 Å². The van der Waals surface area contributed by atoms with Crippen LogP contribution in [0.2, 0.25) is 10.0 Å². The SMILES string of the molecule is COc1nc(Oc2ccc([C@H](N)CO)cc2)c(F)nc1NS(=O)(=O)c1cccc(Cl)c1Cl. The molecule has 0 saturated heterocycles. The van der Waals surface area contributed by atoms with E-state index < -0.39 is 33.7 Å². The van der Waals surface area contributed by atoms with Crippen molar-refractivity contribution in [1.82, 2.24) is 9.97 Å². The lowest BCUT2D eigenvalue weighted by atomic mass is 10.1. The van der Waals surface area contributed by atoms with Crippen LogP contribution >= 0.6 is 23.2 Å². The summed E-state index contributed by atoms with van der Waals surface area (Å²) in [5.41, 5.74) is 6.37. The van der Waals surface area contributed by atoms with Gasteiger partial charge in [0.2, 0.25) is 5.82 Å². The van der Waals surface area contributed by atoms with Crippen LogP contribution in [0.1, 0.15) is 11.6 Å². The molecule has 0 radical (unpaired) electrons. The van der Waals surface area contributed by atoms with Crippen molar-refractivity contribution in [3.63, 3.8) is 0 Å². The molecule has 1 atom stereocenters. The average Bonchev–Trinajstić information content (AvgIpc) is 2.77. The number of hydrogen-bond donors (Lipinski definition) is 3. The fourth-order valence-corrected chi connectivity index (χ4v) is 4.30. The highest BCUT2D eigenvalue weighted by Gasteiger charge is 2.24. The number of rotatable bonds is 8. The third kappa shape index (κ3) is 5.19. The number of anilines is 1. The molecule has 3 rings (SSSR count). The van der Waals surface area contributed by atoms with Gasteiger partial charge in [0.15, 0.2) is 0 Å². The normalized spacial score (nSPS) is 12.3. The van der Waals surface area contributed by atoms with Gasteiger partial charge in [-0.1, -0.05) is 41.4 Å². The lowest BCUT2D eigenvalue weighted by Crippen LogP contribution is -2.16. The molecule has 0 saturated carbocycles. The fraction of sp³-hybridized carbons (Fsp3) is 0.158. The van der Waals surface area contributed by atoms with E-state index >= 15 is 0 Å². The monoisotopic (exact) mass is 502 g/mol. The van der Waals surface area contributed by atoms with Crippen molar-refractivity contribution in [2.45, 2.75) is 10.9 Å². The molecule has 0 unspecified atom stereocenters. The average molecular weight is 503 g/mol. The number of aliphatic hydroxyl groups excluding tert-OH is 1. The highest BCUT2D eigenvalue weighted by atomic mass is 35.5. The van der Waals surface area contributed by atoms with E-state index in [1.165, 1.54) is 37.4 Å². The van der Waals surface area contributed by atoms with Crippen LogP contribution in [0.3, 0.4) is 0 Å². The third-order valence-electron chi connectivity index (χ3n) is 4.14. The van der Waals surface area contributed by atoms with E-state index in [0.29, 0.717) is 5.56 Å². The quantitative estimate of drug-likeness (QED) is 0.425. The van der Waals surface area contributed by atoms with Crippen LogP contribution in [0.25, 0.3) is 0 Å². The van der Waals surface area contributed by atoms with Gasteiger partial charge in [0.25, 0.3) is 27.7 Å². The van der Waals surface area contributed by atoms with Crippen molar-refractivity contribution < 1.29 is 27.4 Å². The van der Waals surface area contributed by atoms with Crippen LogP contribution in [0.5, 0.6) is 17.5 Å². The Morgan fingerprint density at radius 1 is 1.16 bits per heavy atom. The van der Waals surface area contributed by atoms with Crippen LogP contribution in [0, 0.1) is 5.95 Å². The van der Waals surface area contributed by atoms with Crippen molar-refractivity contribution in [2.75, 3.05) is 18.4 Å². The van der Waals surface area contributed by atoms with E-state index in [1.54, 1.807) is 12.1 Å². The minimum atomic E-state index is -4.29. The Balaban J connectivity index is 1.89. The molecule has 0 bridgehead atoms. The maximum atomic E-state index is 14.5. The first-order chi connectivity index (χ1) is 15.2. The molecule has 1 heterocycles. The first-order valence-corrected chi connectivity index (χ1v) is 11.1. The summed E-state index contributed by atoms with van der Waals surface area (Å²) in [5.74, 6) is -2.41. The maximum absolute atomic E-state index is 14.5. The summed E-state index contributed by atoms with van der Waals surface area (Å²) >= 11 is 11.8. The minimum absolute atomic E-state index is 0.0217. The van der Waals surface area contributed by atoms with Gasteiger partial charge in [-0.25, -0.2) is 8.42 Å². The molecule has 0 fully saturated rings. The molecule has 0 spiro atoms. The Labute approximate surface area is 193 Å². The number of benzene rings is 2. The Bertz CT molecular complexity index is 1230. The molecule has 0 amide bonds. The van der Waals surface area contributed by atoms with Gasteiger partial charge >= 0.3 is 0 Å². The number of nitrogens with zero attached hydrogens (tertiary/aromatic N) is 2. The molecule has 1 aromatic heterocycles. The summed E-state index contributed by atoms with van der Waals surface area (Å²) in [5, 5.41) is 8.91. The van der Waals surface area contributed by atoms with Crippen LogP contribution in [0.15, 0.2) is 47.4 Å². The van der Waals surface area contributed by atoms with E-state index in [2.05, 4.69) is 14.7 Å². The maximum Gasteiger partial charge on any atom is 0.279 e. The molecular weight excluding hydrogens is 486 g/mol. The molecule has 32 heavy (non-hydrogen) atoms. The standard InChI is InChI=1S/C19H17Cl2FN4O5S/c1-30-19-17(26-32(28,29)14-4-2-3-12(20)15(14)21)24-16(22)18(25-19)31-11-7-5-10(6-8-11)13(23)9-27/h2-8,13,27H,9,23H2,1H3,(H,24,26)/t13-/m1/s1. The molecule has 2 aromatic carbocycles. The van der Waals surface area contributed by atoms with Gasteiger partial charge < -0.3 is 20.3 Å². The molecule has 13 heteroatoms. The summed E-state index contributed by atoms with van der Waals surface area (Å²) in [6, 6.07) is 9.64. The van der Waals surface area contributed by atoms with Crippen molar-refractivity contribution in [2.24, 2.45) is 5.73 Å². The van der Waals surface area contributed by atoms with Crippen molar-refractivity contribution >= 4 is 39.0 Å². The highest BCUT2D eigenvalue weighted by molar-refractivity contribution is 7.92. The lowest BCUT2D eigenvalue weighted by Gasteiger charge is -2.14. The number of nitrogens with one attached hydrogen (secondary N) is 1. The molecular formula is C19H17Cl2FN4O5S. The second-order valence-corrected chi connectivity index (χ2v) is 8.73. The first kappa shape index (κ1) is 24.0. The zero-order valence-corrected chi connectivity index (χ0v) is 18.7. The van der Waals surface area contributed by atoms with Gasteiger partial charge in [-0.05, 0) is 29.8 Å². The van der Waals surface area contributed by atoms with E-state index in [4.69, 9.17) is 43.5 Å². The molecule has 170 valence electrons. The van der Waals surface area contributed by atoms with Gasteiger partial charge in [-0.2, -0.15) is 14.4 Å². The molecule has 9 nitrogen and oxygen atoms in total. The first-order valence-electron chi connectivity index (χ1n) is 8.89. The summed E-state index contributed by atoms with van der Waals surface area (Å²) in [6.45, 7) is -0.241. The van der Waals surface area contributed by atoms with Gasteiger partial charge in [0.1, 0.15) is 10.6 Å². The van der Waals surface area contributed by atoms with Crippen molar-refractivity contribution in [3.8, 4) is 17.5 Å². The number of halogens is 3. The van der Waals surface area contributed by atoms with Crippen LogP contribution in [-0.2, 0) is 10.0 Å². The Morgan fingerprint density at radius 3 is 2.47 bits per heavy atom. The van der Waals surface area contributed by atoms with Gasteiger partial charge in [-0.3, -0.25) is 4.72 Å². The zero-order valence-electron chi connectivity index (χ0n) is 16.4. The molecule has 0 aliphatic rings. The number of aliphatic hydroxyl groups is 1. The zero-order chi connectivity index (χ0) is 23.5. The van der Waals surface area contributed by atoms with Crippen LogP contribution < -0.4 is 19.9 Å². The Morgan fingerprint density at radius 2 is 1.84 bits per heavy atom. The number of aromatic nitrogens is 2. The van der Waals surface area contributed by atoms with Crippen molar-refractivity contribution in [3.05, 3.63) is 64.0 Å². The van der Waals surface area contributed by atoms with E-state index in [-0.39, 0.29) is 33.2 Å². The second kappa shape index (κ2) is 9.84. The number of nitrogens with two attached hydrogens (primary N) is 1. The fourth-order valence-electron chi connectivity index (χ4n) is 2.53. The number of hydrogen-bond acceptors (Lipinski definition) is 8. The summed E-state index contributed by atoms with van der Waals surface area (Å²) in [7, 11) is -3.10. The van der Waals surface area contributed by atoms with E-state index in [9.17, 15) is 12.8 Å². The predicted octanol–water partition coefficient (Wildman–Crippen LogP) is 3.52. The van der Waals surface area contributed by atoms with E-state index in [1.807, 2.05) is 0 Å². The third-order valence-corrected chi connectivity index (χ3v) is 6.45. The number of sulfonamides is 1. The number of ether oxygens (including phenoxy) is 2. The Hall–Kier alpha value is -2.70. The minimum Gasteiger partial charge on any atom is -0.478 e. The highest BCUT2D eigenvalue weighted by Crippen LogP contribution is 2.33. The molecule has 0 aliphatic heterocycles. The van der Waals surface area contributed by atoms with Gasteiger partial charge in [-0.15, -0.1) is 0 Å². The van der Waals surface area contributed by atoms with E-state index in [0.717, 1.165) is 0 Å². The largest absolute Gasteiger partial charge is 0.478 e. The topological polar surface area (TPSA) is 137 Å². The molecule has 4 N–H and O–H groups in total. The summed E-state index contributed by atoms with van der Waals surface area (Å²) < 4.78 is 52.4. The van der Waals surface area contributed by atoms with Crippen molar-refractivity contribution in [1.29, 1.82) is 0 Å². The van der Waals surface area contributed by atoms with Gasteiger partial charge in [0.05, 0.1) is 29.8 Å². The smallest absolute Gasteiger partial charge is 0.279 e. The molecule has 0 aliphatic carbocycles. The molecule has 3 aromatic rings. The number of methoxy groups -OCH3 is 1. The lowest BCUT2D eigenvalue weighted by molar-refractivity contribution is 0.268. The second-order valence-electron chi connectivity index (χ2n) is 6.30. The predicted molar refractivity (Wildman–Crippen MR) is 116 cm³/mol. The summed E-state index contributed by atoms with van der Waals surface area (Å²) in [4.78, 5) is 7.07.